The number of para-hydroxylation sites is 1. The highest BCUT2D eigenvalue weighted by Crippen LogP contribution is 2.33. The number of hydrogen-bond donors (Lipinski definition) is 3. The topological polar surface area (TPSA) is 151 Å². The molecule has 0 radical (unpaired) electrons. The molecule has 0 unspecified atom stereocenters. The van der Waals surface area contributed by atoms with Gasteiger partial charge in [-0.3, -0.25) is 19.5 Å². The Balaban J connectivity index is 1.49. The van der Waals surface area contributed by atoms with E-state index in [1.807, 2.05) is 19.1 Å². The Morgan fingerprint density at radius 2 is 1.79 bits per heavy atom. The summed E-state index contributed by atoms with van der Waals surface area (Å²) in [5.74, 6) is -0.524. The third-order valence-corrected chi connectivity index (χ3v) is 8.46. The Hall–Kier alpha value is -4.70. The van der Waals surface area contributed by atoms with Crippen molar-refractivity contribution in [3.05, 3.63) is 101 Å². The molecule has 0 fully saturated rings. The number of sulfonamides is 1. The summed E-state index contributed by atoms with van der Waals surface area (Å²) >= 11 is 0. The van der Waals surface area contributed by atoms with E-state index in [-0.39, 0.29) is 21.9 Å². The van der Waals surface area contributed by atoms with Crippen molar-refractivity contribution >= 4 is 49.4 Å². The number of nitrogen functional groups attached to an aromatic ring is 1. The molecule has 3 aromatic carbocycles. The number of aryl methyl sites for hydroxylation is 3. The third kappa shape index (κ3) is 5.06. The number of carboxylic acid groups (broad SMARTS) is 1. The molecule has 198 valence electrons. The smallest absolute Gasteiger partial charge is 0.324 e. The lowest BCUT2D eigenvalue weighted by Gasteiger charge is -2.23. The number of carbonyl (C=O) groups is 1. The average Bonchev–Trinajstić information content (AvgIpc) is 3.24. The van der Waals surface area contributed by atoms with Crippen LogP contribution < -0.4 is 10.0 Å². The second-order valence-corrected chi connectivity index (χ2v) is 11.0. The third-order valence-electron chi connectivity index (χ3n) is 6.66. The molecule has 10 heteroatoms. The van der Waals surface area contributed by atoms with Crippen LogP contribution in [-0.2, 0) is 27.7 Å². The highest BCUT2D eigenvalue weighted by molar-refractivity contribution is 7.93. The normalized spacial score (nSPS) is 11.6. The number of nitrogens with two attached hydrogens (primary N) is 1. The molecule has 0 amide bonds. The molecule has 2 aromatic heterocycles. The summed E-state index contributed by atoms with van der Waals surface area (Å²) in [4.78, 5) is 15.9. The standard InChI is InChI=1S/C29H26N4O5S/c1-18-23-13-12-22(16-25(23)38-24(18)14-9-19-7-10-21(11-8-19)29(30)31)33(17-27(34)35)39(36,37)26-6-2-4-20-5-3-15-32-28(20)26/h2-8,10-13,15-16H,9,14,17H2,1H3,(H3,30,31)(H,34,35). The number of furan rings is 1. The first-order valence-corrected chi connectivity index (χ1v) is 13.6. The first-order chi connectivity index (χ1) is 18.6. The van der Waals surface area contributed by atoms with Crippen molar-refractivity contribution in [3.63, 3.8) is 0 Å². The molecular formula is C29H26N4O5S. The van der Waals surface area contributed by atoms with Crippen LogP contribution in [0.3, 0.4) is 0 Å². The number of nitrogens with one attached hydrogen (secondary N) is 1. The van der Waals surface area contributed by atoms with Crippen LogP contribution >= 0.6 is 0 Å². The number of hydrogen-bond acceptors (Lipinski definition) is 6. The van der Waals surface area contributed by atoms with Gasteiger partial charge in [0.05, 0.1) is 11.2 Å². The van der Waals surface area contributed by atoms with Crippen molar-refractivity contribution in [3.8, 4) is 0 Å². The summed E-state index contributed by atoms with van der Waals surface area (Å²) in [6.45, 7) is 1.17. The van der Waals surface area contributed by atoms with Crippen LogP contribution in [-0.4, -0.2) is 36.9 Å². The van der Waals surface area contributed by atoms with Crippen LogP contribution in [0.4, 0.5) is 5.69 Å². The Labute approximate surface area is 225 Å². The van der Waals surface area contributed by atoms with E-state index in [9.17, 15) is 18.3 Å². The average molecular weight is 543 g/mol. The van der Waals surface area contributed by atoms with Crippen LogP contribution in [0, 0.1) is 12.3 Å². The number of pyridine rings is 1. The maximum atomic E-state index is 13.8. The van der Waals surface area contributed by atoms with E-state index in [0.717, 1.165) is 26.6 Å². The fraction of sp³-hybridized carbons (Fsp3) is 0.138. The van der Waals surface area contributed by atoms with Gasteiger partial charge in [-0.2, -0.15) is 0 Å². The van der Waals surface area contributed by atoms with E-state index in [1.54, 1.807) is 54.6 Å². The number of nitrogens with zero attached hydrogens (tertiary/aromatic N) is 2. The first-order valence-electron chi connectivity index (χ1n) is 12.2. The summed E-state index contributed by atoms with van der Waals surface area (Å²) in [5.41, 5.74) is 9.09. The quantitative estimate of drug-likeness (QED) is 0.181. The number of carboxylic acids is 1. The summed E-state index contributed by atoms with van der Waals surface area (Å²) < 4.78 is 34.6. The van der Waals surface area contributed by atoms with E-state index in [2.05, 4.69) is 4.98 Å². The molecule has 0 aliphatic carbocycles. The molecule has 4 N–H and O–H groups in total. The molecule has 9 nitrogen and oxygen atoms in total. The summed E-state index contributed by atoms with van der Waals surface area (Å²) in [5, 5.41) is 18.6. The van der Waals surface area contributed by atoms with Gasteiger partial charge in [0, 0.05) is 35.0 Å². The molecule has 5 aromatic rings. The maximum absolute atomic E-state index is 13.8. The van der Waals surface area contributed by atoms with Gasteiger partial charge in [-0.05, 0) is 48.7 Å². The lowest BCUT2D eigenvalue weighted by atomic mass is 10.0. The van der Waals surface area contributed by atoms with E-state index >= 15 is 0 Å². The fourth-order valence-electron chi connectivity index (χ4n) is 4.61. The Kier molecular flexibility index (Phi) is 6.80. The molecular weight excluding hydrogens is 516 g/mol. The monoisotopic (exact) mass is 542 g/mol. The molecule has 5 rings (SSSR count). The van der Waals surface area contributed by atoms with E-state index in [0.29, 0.717) is 29.4 Å². The number of fused-ring (bicyclic) bond motifs is 2. The molecule has 0 aliphatic heterocycles. The van der Waals surface area contributed by atoms with E-state index in [4.69, 9.17) is 15.6 Å². The predicted molar refractivity (Wildman–Crippen MR) is 150 cm³/mol. The van der Waals surface area contributed by atoms with Crippen molar-refractivity contribution in [1.29, 1.82) is 5.41 Å². The molecule has 0 spiro atoms. The number of amidine groups is 1. The van der Waals surface area contributed by atoms with Crippen molar-refractivity contribution < 1.29 is 22.7 Å². The zero-order valence-electron chi connectivity index (χ0n) is 21.1. The Morgan fingerprint density at radius 3 is 2.51 bits per heavy atom. The van der Waals surface area contributed by atoms with Gasteiger partial charge in [0.15, 0.2) is 0 Å². The Bertz CT molecular complexity index is 1820. The van der Waals surface area contributed by atoms with Gasteiger partial charge in [-0.15, -0.1) is 0 Å². The minimum atomic E-state index is -4.28. The van der Waals surface area contributed by atoms with Crippen molar-refractivity contribution in [2.24, 2.45) is 5.73 Å². The van der Waals surface area contributed by atoms with E-state index in [1.165, 1.54) is 12.3 Å². The lowest BCUT2D eigenvalue weighted by molar-refractivity contribution is -0.135. The zero-order valence-corrected chi connectivity index (χ0v) is 21.9. The van der Waals surface area contributed by atoms with Crippen molar-refractivity contribution in [1.82, 2.24) is 4.98 Å². The first kappa shape index (κ1) is 25.9. The summed E-state index contributed by atoms with van der Waals surface area (Å²) in [6, 6.07) is 20.6. The van der Waals surface area contributed by atoms with Crippen LogP contribution in [0.2, 0.25) is 0 Å². The second-order valence-electron chi connectivity index (χ2n) is 9.18. The minimum Gasteiger partial charge on any atom is -0.480 e. The van der Waals surface area contributed by atoms with Gasteiger partial charge in [0.25, 0.3) is 10.0 Å². The van der Waals surface area contributed by atoms with Gasteiger partial charge in [0.2, 0.25) is 0 Å². The molecule has 2 heterocycles. The molecule has 0 saturated carbocycles. The molecule has 39 heavy (non-hydrogen) atoms. The number of benzene rings is 3. The second kappa shape index (κ2) is 10.2. The van der Waals surface area contributed by atoms with Crippen LogP contribution in [0.5, 0.6) is 0 Å². The predicted octanol–water partition coefficient (Wildman–Crippen LogP) is 4.64. The van der Waals surface area contributed by atoms with Crippen molar-refractivity contribution in [2.45, 2.75) is 24.7 Å². The fourth-order valence-corrected chi connectivity index (χ4v) is 6.18. The van der Waals surface area contributed by atoms with E-state index < -0.39 is 22.5 Å². The largest absolute Gasteiger partial charge is 0.480 e. The molecule has 0 atom stereocenters. The lowest BCUT2D eigenvalue weighted by Crippen LogP contribution is -2.35. The number of aliphatic carboxylic acids is 1. The van der Waals surface area contributed by atoms with Gasteiger partial charge in [-0.1, -0.05) is 42.5 Å². The van der Waals surface area contributed by atoms with Crippen LogP contribution in [0.1, 0.15) is 22.5 Å². The minimum absolute atomic E-state index is 0.0150. The maximum Gasteiger partial charge on any atom is 0.324 e. The summed E-state index contributed by atoms with van der Waals surface area (Å²) in [6.07, 6.45) is 2.80. The highest BCUT2D eigenvalue weighted by Gasteiger charge is 2.30. The SMILES string of the molecule is Cc1c(CCc2ccc(C(=N)N)cc2)oc2cc(N(CC(=O)O)S(=O)(=O)c3cccc4cccnc34)ccc12. The molecule has 0 aliphatic rings. The summed E-state index contributed by atoms with van der Waals surface area (Å²) in [7, 11) is -4.28. The van der Waals surface area contributed by atoms with Gasteiger partial charge >= 0.3 is 5.97 Å². The molecule has 0 bridgehead atoms. The van der Waals surface area contributed by atoms with Crippen LogP contribution in [0.15, 0.2) is 88.3 Å². The van der Waals surface area contributed by atoms with Gasteiger partial charge in [-0.25, -0.2) is 8.42 Å². The zero-order chi connectivity index (χ0) is 27.7. The van der Waals surface area contributed by atoms with Crippen LogP contribution in [0.25, 0.3) is 21.9 Å². The molecule has 0 saturated heterocycles. The van der Waals surface area contributed by atoms with Gasteiger partial charge < -0.3 is 15.3 Å². The number of anilines is 1. The Morgan fingerprint density at radius 1 is 1.05 bits per heavy atom. The van der Waals surface area contributed by atoms with Crippen molar-refractivity contribution in [2.75, 3.05) is 10.8 Å². The van der Waals surface area contributed by atoms with Gasteiger partial charge in [0.1, 0.15) is 28.6 Å². The number of rotatable bonds is 9. The highest BCUT2D eigenvalue weighted by atomic mass is 32.2. The number of aromatic nitrogens is 1.